The second kappa shape index (κ2) is 12.8. The molecule has 0 N–H and O–H groups in total. The van der Waals surface area contributed by atoms with Gasteiger partial charge >= 0.3 is 0 Å². The molecular formula is C43H43N5O. The van der Waals surface area contributed by atoms with Gasteiger partial charge in [-0.25, -0.2) is 4.98 Å². The van der Waals surface area contributed by atoms with E-state index in [0.717, 1.165) is 47.4 Å². The molecule has 0 amide bonds. The summed E-state index contributed by atoms with van der Waals surface area (Å²) >= 11 is 0. The molecule has 1 unspecified atom stereocenters. The van der Waals surface area contributed by atoms with Crippen LogP contribution in [0, 0.1) is 22.7 Å². The number of oxazole rings is 1. The fourth-order valence-corrected chi connectivity index (χ4v) is 7.39. The highest BCUT2D eigenvalue weighted by Crippen LogP contribution is 2.51. The summed E-state index contributed by atoms with van der Waals surface area (Å²) in [6.45, 7) is 4.65. The SMILES string of the molecule is CN(C)c1ccc(N(c2ccc(C3=CC4=C/C(=C(\C#N)c5nc6ccccc6o5)CC(C)(C)C4CC3)cc2)c2ccc(N(C)C)cc2)cc1. The highest BCUT2D eigenvalue weighted by atomic mass is 16.3. The van der Waals surface area contributed by atoms with Crippen LogP contribution in [0.3, 0.4) is 0 Å². The van der Waals surface area contributed by atoms with Gasteiger partial charge in [-0.3, -0.25) is 0 Å². The van der Waals surface area contributed by atoms with Crippen LogP contribution in [0.4, 0.5) is 28.4 Å². The number of allylic oxidation sites excluding steroid dienone is 6. The highest BCUT2D eigenvalue weighted by Gasteiger charge is 2.38. The van der Waals surface area contributed by atoms with E-state index in [1.165, 1.54) is 28.1 Å². The molecule has 2 aliphatic carbocycles. The zero-order chi connectivity index (χ0) is 34.3. The number of fused-ring (bicyclic) bond motifs is 2. The molecule has 246 valence electrons. The molecule has 6 heteroatoms. The van der Waals surface area contributed by atoms with Crippen molar-refractivity contribution in [2.75, 3.05) is 42.9 Å². The van der Waals surface area contributed by atoms with Crippen molar-refractivity contribution in [3.8, 4) is 6.07 Å². The highest BCUT2D eigenvalue weighted by molar-refractivity contribution is 5.83. The van der Waals surface area contributed by atoms with Gasteiger partial charge in [0, 0.05) is 56.6 Å². The first-order valence-corrected chi connectivity index (χ1v) is 17.0. The number of aromatic nitrogens is 1. The van der Waals surface area contributed by atoms with Crippen molar-refractivity contribution in [3.05, 3.63) is 132 Å². The first kappa shape index (κ1) is 32.0. The largest absolute Gasteiger partial charge is 0.435 e. The molecular weight excluding hydrogens is 603 g/mol. The second-order valence-electron chi connectivity index (χ2n) is 14.3. The van der Waals surface area contributed by atoms with E-state index in [1.807, 2.05) is 24.3 Å². The van der Waals surface area contributed by atoms with Crippen LogP contribution >= 0.6 is 0 Å². The summed E-state index contributed by atoms with van der Waals surface area (Å²) in [5.74, 6) is 0.825. The van der Waals surface area contributed by atoms with Gasteiger partial charge in [-0.05, 0) is 126 Å². The van der Waals surface area contributed by atoms with Gasteiger partial charge in [-0.1, -0.05) is 50.3 Å². The molecule has 7 rings (SSSR count). The third-order valence-electron chi connectivity index (χ3n) is 10.1. The Hall–Kier alpha value is -5.54. The summed E-state index contributed by atoms with van der Waals surface area (Å²) < 4.78 is 6.05. The topological polar surface area (TPSA) is 59.5 Å². The number of rotatable bonds is 7. The van der Waals surface area contributed by atoms with Crippen molar-refractivity contribution in [2.45, 2.75) is 33.1 Å². The smallest absolute Gasteiger partial charge is 0.238 e. The molecule has 1 heterocycles. The lowest BCUT2D eigenvalue weighted by Crippen LogP contribution is -2.31. The van der Waals surface area contributed by atoms with Gasteiger partial charge in [0.15, 0.2) is 5.58 Å². The summed E-state index contributed by atoms with van der Waals surface area (Å²) in [6.07, 6.45) is 7.49. The Morgan fingerprint density at radius 3 is 1.86 bits per heavy atom. The predicted molar refractivity (Wildman–Crippen MR) is 204 cm³/mol. The van der Waals surface area contributed by atoms with E-state index in [0.29, 0.717) is 23.0 Å². The van der Waals surface area contributed by atoms with Crippen LogP contribution in [0.1, 0.15) is 44.6 Å². The molecule has 49 heavy (non-hydrogen) atoms. The lowest BCUT2D eigenvalue weighted by Gasteiger charge is -2.42. The van der Waals surface area contributed by atoms with Crippen molar-refractivity contribution < 1.29 is 4.42 Å². The van der Waals surface area contributed by atoms with Crippen LogP contribution in [0.2, 0.25) is 0 Å². The van der Waals surface area contributed by atoms with Gasteiger partial charge in [-0.2, -0.15) is 5.26 Å². The van der Waals surface area contributed by atoms with Gasteiger partial charge in [-0.15, -0.1) is 0 Å². The minimum absolute atomic E-state index is 0.00415. The first-order chi connectivity index (χ1) is 23.6. The Bertz CT molecular complexity index is 2040. The van der Waals surface area contributed by atoms with E-state index in [9.17, 15) is 5.26 Å². The average Bonchev–Trinajstić information content (AvgIpc) is 3.53. The standard InChI is InChI=1S/C43H43N5O/c1-43(2)27-32(38(28-44)42-45-40-9-7-8-10-41(40)49-42)26-31-25-30(13-24-39(31)43)29-11-14-35(15-12-29)48(36-20-16-33(17-21-36)46(3)4)37-22-18-34(19-23-37)47(5)6/h7-12,14-23,25-26,39H,13,24,27H2,1-6H3/b38-32-. The van der Waals surface area contributed by atoms with Crippen molar-refractivity contribution in [1.29, 1.82) is 5.26 Å². The van der Waals surface area contributed by atoms with E-state index in [-0.39, 0.29) is 5.41 Å². The van der Waals surface area contributed by atoms with Crippen molar-refractivity contribution in [1.82, 2.24) is 4.98 Å². The molecule has 0 radical (unpaired) electrons. The van der Waals surface area contributed by atoms with Gasteiger partial charge in [0.05, 0.1) is 0 Å². The molecule has 1 aromatic heterocycles. The monoisotopic (exact) mass is 645 g/mol. The van der Waals surface area contributed by atoms with E-state index in [2.05, 4.69) is 153 Å². The third-order valence-corrected chi connectivity index (χ3v) is 10.1. The summed E-state index contributed by atoms with van der Waals surface area (Å²) in [6, 6.07) is 36.5. The zero-order valence-corrected chi connectivity index (χ0v) is 29.2. The Kier molecular flexibility index (Phi) is 8.38. The lowest BCUT2D eigenvalue weighted by atomic mass is 9.62. The lowest BCUT2D eigenvalue weighted by molar-refractivity contribution is 0.228. The normalized spacial score (nSPS) is 17.8. The summed E-state index contributed by atoms with van der Waals surface area (Å²) in [5, 5.41) is 10.3. The van der Waals surface area contributed by atoms with Crippen molar-refractivity contribution in [2.24, 2.45) is 11.3 Å². The summed E-state index contributed by atoms with van der Waals surface area (Å²) in [4.78, 5) is 11.2. The molecule has 0 spiro atoms. The quantitative estimate of drug-likeness (QED) is 0.164. The molecule has 1 atom stereocenters. The van der Waals surface area contributed by atoms with Crippen LogP contribution < -0.4 is 14.7 Å². The minimum Gasteiger partial charge on any atom is -0.435 e. The van der Waals surface area contributed by atoms with Gasteiger partial charge < -0.3 is 19.1 Å². The predicted octanol–water partition coefficient (Wildman–Crippen LogP) is 10.6. The Labute approximate surface area is 289 Å². The van der Waals surface area contributed by atoms with E-state index in [4.69, 9.17) is 4.42 Å². The molecule has 2 aliphatic rings. The number of para-hydroxylation sites is 2. The second-order valence-corrected chi connectivity index (χ2v) is 14.3. The molecule has 4 aromatic carbocycles. The van der Waals surface area contributed by atoms with Crippen LogP contribution in [0.25, 0.3) is 22.2 Å². The molecule has 0 fully saturated rings. The molecule has 5 aromatic rings. The van der Waals surface area contributed by atoms with Crippen LogP contribution in [0.15, 0.2) is 125 Å². The maximum Gasteiger partial charge on any atom is 0.238 e. The van der Waals surface area contributed by atoms with Crippen LogP contribution in [-0.4, -0.2) is 33.2 Å². The molecule has 0 aliphatic heterocycles. The number of hydrogen-bond donors (Lipinski definition) is 0. The van der Waals surface area contributed by atoms with Crippen molar-refractivity contribution >= 4 is 50.7 Å². The molecule has 6 nitrogen and oxygen atoms in total. The fraction of sp³-hybridized carbons (Fsp3) is 0.256. The van der Waals surface area contributed by atoms with E-state index >= 15 is 0 Å². The van der Waals surface area contributed by atoms with Gasteiger partial charge in [0.2, 0.25) is 5.89 Å². The number of nitrogens with zero attached hydrogens (tertiary/aromatic N) is 5. The maximum atomic E-state index is 10.3. The Balaban J connectivity index is 1.24. The number of hydrogen-bond acceptors (Lipinski definition) is 6. The maximum absolute atomic E-state index is 10.3. The first-order valence-electron chi connectivity index (χ1n) is 17.0. The van der Waals surface area contributed by atoms with E-state index < -0.39 is 0 Å². The number of nitriles is 1. The van der Waals surface area contributed by atoms with Gasteiger partial charge in [0.25, 0.3) is 0 Å². The summed E-state index contributed by atoms with van der Waals surface area (Å²) in [5.41, 5.74) is 12.5. The Morgan fingerprint density at radius 2 is 1.31 bits per heavy atom. The third kappa shape index (κ3) is 6.25. The number of anilines is 5. The molecule has 0 saturated carbocycles. The van der Waals surface area contributed by atoms with Gasteiger partial charge in [0.1, 0.15) is 17.2 Å². The summed E-state index contributed by atoms with van der Waals surface area (Å²) in [7, 11) is 8.26. The molecule has 0 saturated heterocycles. The van der Waals surface area contributed by atoms with Crippen LogP contribution in [-0.2, 0) is 0 Å². The Morgan fingerprint density at radius 1 is 0.755 bits per heavy atom. The molecule has 0 bridgehead atoms. The average molecular weight is 646 g/mol. The van der Waals surface area contributed by atoms with E-state index in [1.54, 1.807) is 0 Å². The zero-order valence-electron chi connectivity index (χ0n) is 29.2. The van der Waals surface area contributed by atoms with Crippen molar-refractivity contribution in [3.63, 3.8) is 0 Å². The fourth-order valence-electron chi connectivity index (χ4n) is 7.39. The minimum atomic E-state index is 0.00415. The van der Waals surface area contributed by atoms with Crippen LogP contribution in [0.5, 0.6) is 0 Å². The number of benzene rings is 4.